The van der Waals surface area contributed by atoms with Crippen LogP contribution in [0.4, 0.5) is 0 Å². The predicted octanol–water partition coefficient (Wildman–Crippen LogP) is 2.05. The normalized spacial score (nSPS) is 16.1. The quantitative estimate of drug-likeness (QED) is 0.751. The fourth-order valence-electron chi connectivity index (χ4n) is 1.66. The molecular formula is C12H17NO2. The molecule has 3 nitrogen and oxygen atoms in total. The van der Waals surface area contributed by atoms with Crippen LogP contribution < -0.4 is 10.6 Å². The zero-order chi connectivity index (χ0) is 10.5. The SMILES string of the molecule is NOCCc1ccccc1OC1CCC1. The molecule has 2 rings (SSSR count). The first kappa shape index (κ1) is 10.5. The molecule has 1 saturated carbocycles. The molecule has 0 aliphatic heterocycles. The minimum Gasteiger partial charge on any atom is -0.490 e. The van der Waals surface area contributed by atoms with Gasteiger partial charge in [-0.1, -0.05) is 18.2 Å². The minimum absolute atomic E-state index is 0.421. The maximum Gasteiger partial charge on any atom is 0.122 e. The summed E-state index contributed by atoms with van der Waals surface area (Å²) in [6.45, 7) is 0.533. The molecule has 3 heteroatoms. The summed E-state index contributed by atoms with van der Waals surface area (Å²) in [7, 11) is 0. The number of para-hydroxylation sites is 1. The summed E-state index contributed by atoms with van der Waals surface area (Å²) in [6, 6.07) is 8.09. The van der Waals surface area contributed by atoms with Crippen molar-refractivity contribution in [3.63, 3.8) is 0 Å². The second-order valence-electron chi connectivity index (χ2n) is 3.90. The molecule has 0 bridgehead atoms. The molecule has 2 N–H and O–H groups in total. The second-order valence-corrected chi connectivity index (χ2v) is 3.90. The third kappa shape index (κ3) is 2.70. The molecule has 15 heavy (non-hydrogen) atoms. The van der Waals surface area contributed by atoms with Crippen molar-refractivity contribution < 1.29 is 9.57 Å². The summed E-state index contributed by atoms with van der Waals surface area (Å²) < 4.78 is 5.88. The van der Waals surface area contributed by atoms with Crippen LogP contribution in [-0.4, -0.2) is 12.7 Å². The predicted molar refractivity (Wildman–Crippen MR) is 58.6 cm³/mol. The van der Waals surface area contributed by atoms with Gasteiger partial charge in [-0.05, 0) is 30.9 Å². The van der Waals surface area contributed by atoms with Crippen LogP contribution in [0.3, 0.4) is 0 Å². The Morgan fingerprint density at radius 1 is 1.27 bits per heavy atom. The Morgan fingerprint density at radius 3 is 2.73 bits per heavy atom. The molecular weight excluding hydrogens is 190 g/mol. The van der Waals surface area contributed by atoms with Crippen molar-refractivity contribution in [3.8, 4) is 5.75 Å². The highest BCUT2D eigenvalue weighted by Gasteiger charge is 2.19. The van der Waals surface area contributed by atoms with Crippen molar-refractivity contribution in [2.45, 2.75) is 31.8 Å². The van der Waals surface area contributed by atoms with Crippen LogP contribution in [0, 0.1) is 0 Å². The molecule has 0 amide bonds. The van der Waals surface area contributed by atoms with Gasteiger partial charge in [0.15, 0.2) is 0 Å². The maximum atomic E-state index is 5.88. The fraction of sp³-hybridized carbons (Fsp3) is 0.500. The van der Waals surface area contributed by atoms with E-state index in [-0.39, 0.29) is 0 Å². The van der Waals surface area contributed by atoms with E-state index in [2.05, 4.69) is 10.9 Å². The number of hydrogen-bond acceptors (Lipinski definition) is 3. The van der Waals surface area contributed by atoms with Crippen LogP contribution in [-0.2, 0) is 11.3 Å². The molecule has 0 aromatic heterocycles. The molecule has 0 atom stereocenters. The van der Waals surface area contributed by atoms with Gasteiger partial charge < -0.3 is 9.57 Å². The number of hydrogen-bond donors (Lipinski definition) is 1. The fourth-order valence-corrected chi connectivity index (χ4v) is 1.66. The topological polar surface area (TPSA) is 44.5 Å². The standard InChI is InChI=1S/C12H17NO2/c13-14-9-8-10-4-1-2-7-12(10)15-11-5-3-6-11/h1-2,4,7,11H,3,5-6,8-9,13H2. The first-order chi connectivity index (χ1) is 7.40. The molecule has 82 valence electrons. The molecule has 1 aromatic rings. The number of benzene rings is 1. The zero-order valence-electron chi connectivity index (χ0n) is 8.82. The lowest BCUT2D eigenvalue weighted by Gasteiger charge is -2.27. The zero-order valence-corrected chi connectivity index (χ0v) is 8.82. The molecule has 0 saturated heterocycles. The van der Waals surface area contributed by atoms with E-state index >= 15 is 0 Å². The molecule has 1 aliphatic carbocycles. The minimum atomic E-state index is 0.421. The smallest absolute Gasteiger partial charge is 0.122 e. The van der Waals surface area contributed by atoms with Crippen LogP contribution in [0.5, 0.6) is 5.75 Å². The van der Waals surface area contributed by atoms with Crippen LogP contribution in [0.25, 0.3) is 0 Å². The number of rotatable bonds is 5. The highest BCUT2D eigenvalue weighted by Crippen LogP contribution is 2.27. The van der Waals surface area contributed by atoms with Gasteiger partial charge in [0, 0.05) is 6.42 Å². The Morgan fingerprint density at radius 2 is 2.07 bits per heavy atom. The van der Waals surface area contributed by atoms with E-state index in [4.69, 9.17) is 10.6 Å². The van der Waals surface area contributed by atoms with Gasteiger partial charge in [0.05, 0.1) is 12.7 Å². The van der Waals surface area contributed by atoms with Gasteiger partial charge in [-0.15, -0.1) is 0 Å². The van der Waals surface area contributed by atoms with Crippen LogP contribution in [0.1, 0.15) is 24.8 Å². The van der Waals surface area contributed by atoms with E-state index in [0.717, 1.165) is 12.2 Å². The average molecular weight is 207 g/mol. The van der Waals surface area contributed by atoms with E-state index in [0.29, 0.717) is 12.7 Å². The third-order valence-electron chi connectivity index (χ3n) is 2.81. The van der Waals surface area contributed by atoms with Gasteiger partial charge in [-0.2, -0.15) is 0 Å². The van der Waals surface area contributed by atoms with Crippen LogP contribution >= 0.6 is 0 Å². The summed E-state index contributed by atoms with van der Waals surface area (Å²) in [6.07, 6.45) is 4.88. The van der Waals surface area contributed by atoms with Gasteiger partial charge in [0.1, 0.15) is 5.75 Å². The first-order valence-electron chi connectivity index (χ1n) is 5.46. The molecule has 0 unspecified atom stereocenters. The van der Waals surface area contributed by atoms with E-state index in [1.54, 1.807) is 0 Å². The molecule has 0 radical (unpaired) electrons. The monoisotopic (exact) mass is 207 g/mol. The summed E-state index contributed by atoms with van der Waals surface area (Å²) >= 11 is 0. The van der Waals surface area contributed by atoms with Crippen molar-refractivity contribution >= 4 is 0 Å². The highest BCUT2D eigenvalue weighted by molar-refractivity contribution is 5.33. The Balaban J connectivity index is 1.99. The van der Waals surface area contributed by atoms with Crippen molar-refractivity contribution in [2.24, 2.45) is 5.90 Å². The largest absolute Gasteiger partial charge is 0.490 e. The Bertz CT molecular complexity index is 310. The van der Waals surface area contributed by atoms with E-state index in [9.17, 15) is 0 Å². The lowest BCUT2D eigenvalue weighted by molar-refractivity contribution is 0.115. The lowest BCUT2D eigenvalue weighted by Crippen LogP contribution is -2.25. The van der Waals surface area contributed by atoms with Gasteiger partial charge in [-0.3, -0.25) is 0 Å². The van der Waals surface area contributed by atoms with Crippen molar-refractivity contribution in [1.29, 1.82) is 0 Å². The Labute approximate surface area is 90.1 Å². The molecule has 1 fully saturated rings. The van der Waals surface area contributed by atoms with Crippen LogP contribution in [0.15, 0.2) is 24.3 Å². The second kappa shape index (κ2) is 5.14. The number of ether oxygens (including phenoxy) is 1. The summed E-state index contributed by atoms with van der Waals surface area (Å²) in [5, 5.41) is 0. The van der Waals surface area contributed by atoms with Crippen LogP contribution in [0.2, 0.25) is 0 Å². The number of nitrogens with two attached hydrogens (primary N) is 1. The Hall–Kier alpha value is -1.06. The summed E-state index contributed by atoms with van der Waals surface area (Å²) in [5.74, 6) is 6.01. The van der Waals surface area contributed by atoms with Gasteiger partial charge in [0.2, 0.25) is 0 Å². The summed E-state index contributed by atoms with van der Waals surface area (Å²) in [5.41, 5.74) is 1.18. The van der Waals surface area contributed by atoms with E-state index < -0.39 is 0 Å². The van der Waals surface area contributed by atoms with Gasteiger partial charge in [-0.25, -0.2) is 5.90 Å². The van der Waals surface area contributed by atoms with Gasteiger partial charge >= 0.3 is 0 Å². The molecule has 0 heterocycles. The highest BCUT2D eigenvalue weighted by atomic mass is 16.6. The van der Waals surface area contributed by atoms with Crippen molar-refractivity contribution in [2.75, 3.05) is 6.61 Å². The molecule has 0 spiro atoms. The third-order valence-corrected chi connectivity index (χ3v) is 2.81. The van der Waals surface area contributed by atoms with Crippen molar-refractivity contribution in [3.05, 3.63) is 29.8 Å². The van der Waals surface area contributed by atoms with Gasteiger partial charge in [0.25, 0.3) is 0 Å². The van der Waals surface area contributed by atoms with E-state index in [1.807, 2.05) is 18.2 Å². The molecule has 1 aromatic carbocycles. The lowest BCUT2D eigenvalue weighted by atomic mass is 9.96. The average Bonchev–Trinajstić information content (AvgIpc) is 2.22. The Kier molecular flexibility index (Phi) is 3.59. The summed E-state index contributed by atoms with van der Waals surface area (Å²) in [4.78, 5) is 4.59. The maximum absolute atomic E-state index is 5.88. The van der Waals surface area contributed by atoms with E-state index in [1.165, 1.54) is 24.8 Å². The first-order valence-corrected chi connectivity index (χ1v) is 5.46. The molecule has 1 aliphatic rings. The van der Waals surface area contributed by atoms with Crippen molar-refractivity contribution in [1.82, 2.24) is 0 Å².